The fourth-order valence-electron chi connectivity index (χ4n) is 2.01. The van der Waals surface area contributed by atoms with Crippen molar-refractivity contribution < 1.29 is 19.5 Å². The monoisotopic (exact) mass is 320 g/mol. The van der Waals surface area contributed by atoms with Crippen LogP contribution in [0.15, 0.2) is 0 Å². The molecule has 0 aliphatic carbocycles. The van der Waals surface area contributed by atoms with E-state index in [4.69, 9.17) is 0 Å². The number of hydrogen-bond donors (Lipinski definition) is 0. The van der Waals surface area contributed by atoms with Crippen LogP contribution in [0.3, 0.4) is 0 Å². The van der Waals surface area contributed by atoms with E-state index in [-0.39, 0.29) is 41.6 Å². The molecule has 0 aromatic rings. The Morgan fingerprint density at radius 2 is 0.474 bits per heavy atom. The molecule has 0 aromatic carbocycles. The molecule has 112 valence electrons. The van der Waals surface area contributed by atoms with Crippen molar-refractivity contribution >= 4 is 0 Å². The van der Waals surface area contributed by atoms with Gasteiger partial charge in [0.1, 0.15) is 0 Å². The fourth-order valence-corrected chi connectivity index (χ4v) is 2.01. The summed E-state index contributed by atoms with van der Waals surface area (Å²) in [5.41, 5.74) is 0.438. The maximum Gasteiger partial charge on any atom is 2.00 e. The van der Waals surface area contributed by atoms with Gasteiger partial charge in [-0.15, -0.1) is 22.2 Å². The average Bonchev–Trinajstić information content (AvgIpc) is 1.64. The smallest absolute Gasteiger partial charge is 0.653 e. The zero-order valence-electron chi connectivity index (χ0n) is 15.6. The Labute approximate surface area is 135 Å². The SMILES string of the molecule is CC(C)(C)[N-]C(C)(C)C.CC(C)(C)[N-]C(C)(C)C.[Zn+2]. The minimum atomic E-state index is 0. The van der Waals surface area contributed by atoms with E-state index in [9.17, 15) is 0 Å². The Bertz CT molecular complexity index is 171. The Hall–Kier alpha value is 0.543. The number of hydrogen-bond acceptors (Lipinski definition) is 0. The van der Waals surface area contributed by atoms with Crippen molar-refractivity contribution in [1.29, 1.82) is 0 Å². The van der Waals surface area contributed by atoms with Gasteiger partial charge >= 0.3 is 19.5 Å². The summed E-state index contributed by atoms with van der Waals surface area (Å²) in [5, 5.41) is 9.08. The van der Waals surface area contributed by atoms with Crippen molar-refractivity contribution in [2.24, 2.45) is 0 Å². The molecule has 0 spiro atoms. The summed E-state index contributed by atoms with van der Waals surface area (Å²) in [4.78, 5) is 0. The summed E-state index contributed by atoms with van der Waals surface area (Å²) >= 11 is 0. The van der Waals surface area contributed by atoms with Gasteiger partial charge in [0.15, 0.2) is 0 Å². The minimum Gasteiger partial charge on any atom is -0.653 e. The predicted molar refractivity (Wildman–Crippen MR) is 85.7 cm³/mol. The molecular weight excluding hydrogens is 286 g/mol. The maximum absolute atomic E-state index is 4.54. The van der Waals surface area contributed by atoms with Crippen molar-refractivity contribution in [3.05, 3.63) is 10.6 Å². The van der Waals surface area contributed by atoms with Crippen LogP contribution in [0.5, 0.6) is 0 Å². The zero-order valence-corrected chi connectivity index (χ0v) is 18.6. The van der Waals surface area contributed by atoms with E-state index in [0.717, 1.165) is 0 Å². The zero-order chi connectivity index (χ0) is 15.4. The van der Waals surface area contributed by atoms with Crippen molar-refractivity contribution in [3.63, 3.8) is 0 Å². The maximum atomic E-state index is 4.54. The van der Waals surface area contributed by atoms with E-state index in [0.29, 0.717) is 0 Å². The first-order chi connectivity index (χ1) is 7.41. The van der Waals surface area contributed by atoms with E-state index >= 15 is 0 Å². The van der Waals surface area contributed by atoms with Gasteiger partial charge in [-0.2, -0.15) is 0 Å². The molecule has 0 heterocycles. The quantitative estimate of drug-likeness (QED) is 0.496. The van der Waals surface area contributed by atoms with Crippen LogP contribution in [-0.4, -0.2) is 22.2 Å². The van der Waals surface area contributed by atoms with E-state index in [2.05, 4.69) is 93.7 Å². The topological polar surface area (TPSA) is 28.2 Å². The van der Waals surface area contributed by atoms with Crippen molar-refractivity contribution in [1.82, 2.24) is 0 Å². The molecule has 0 amide bonds. The predicted octanol–water partition coefficient (Wildman–Crippen LogP) is 5.91. The van der Waals surface area contributed by atoms with Crippen molar-refractivity contribution in [2.45, 2.75) is 105 Å². The fraction of sp³-hybridized carbons (Fsp3) is 1.00. The normalized spacial score (nSPS) is 13.3. The third kappa shape index (κ3) is 32.3. The van der Waals surface area contributed by atoms with Gasteiger partial charge in [0.2, 0.25) is 0 Å². The Balaban J connectivity index is -0.000000256. The summed E-state index contributed by atoms with van der Waals surface area (Å²) in [6, 6.07) is 0. The molecule has 0 bridgehead atoms. The van der Waals surface area contributed by atoms with Gasteiger partial charge in [-0.3, -0.25) is 0 Å². The third-order valence-electron chi connectivity index (χ3n) is 1.34. The molecule has 0 saturated heterocycles. The third-order valence-corrected chi connectivity index (χ3v) is 1.34. The first kappa shape index (κ1) is 24.6. The van der Waals surface area contributed by atoms with Gasteiger partial charge in [-0.25, -0.2) is 0 Å². The van der Waals surface area contributed by atoms with Crippen LogP contribution < -0.4 is 0 Å². The summed E-state index contributed by atoms with van der Waals surface area (Å²) in [5.74, 6) is 0. The van der Waals surface area contributed by atoms with Gasteiger partial charge in [-0.05, 0) is 0 Å². The van der Waals surface area contributed by atoms with Crippen LogP contribution in [0.1, 0.15) is 83.1 Å². The van der Waals surface area contributed by atoms with E-state index < -0.39 is 0 Å². The number of rotatable bonds is 0. The Morgan fingerprint density at radius 3 is 0.474 bits per heavy atom. The van der Waals surface area contributed by atoms with Gasteiger partial charge in [0, 0.05) is 0 Å². The molecule has 0 aromatic heterocycles. The molecule has 19 heavy (non-hydrogen) atoms. The second-order valence-electron chi connectivity index (χ2n) is 8.91. The molecule has 0 rings (SSSR count). The van der Waals surface area contributed by atoms with Gasteiger partial charge < -0.3 is 10.6 Å². The van der Waals surface area contributed by atoms with Crippen LogP contribution in [0, 0.1) is 0 Å². The standard InChI is InChI=1S/2C8H18N.Zn/c2*1-7(2,3)9-8(4,5)6;/h2*1-6H3;/q2*-1;+2. The molecule has 2 nitrogen and oxygen atoms in total. The molecule has 0 radical (unpaired) electrons. The van der Waals surface area contributed by atoms with Crippen LogP contribution in [0.25, 0.3) is 10.6 Å². The summed E-state index contributed by atoms with van der Waals surface area (Å²) in [6.07, 6.45) is 0. The molecule has 0 atom stereocenters. The van der Waals surface area contributed by atoms with E-state index in [1.165, 1.54) is 0 Å². The van der Waals surface area contributed by atoms with Gasteiger partial charge in [-0.1, -0.05) is 83.1 Å². The second-order valence-corrected chi connectivity index (χ2v) is 8.91. The minimum absolute atomic E-state index is 0. The summed E-state index contributed by atoms with van der Waals surface area (Å²) in [7, 11) is 0. The molecule has 0 unspecified atom stereocenters. The molecule has 0 fully saturated rings. The van der Waals surface area contributed by atoms with Gasteiger partial charge in [0.05, 0.1) is 0 Å². The summed E-state index contributed by atoms with van der Waals surface area (Å²) < 4.78 is 0. The van der Waals surface area contributed by atoms with Crippen LogP contribution in [-0.2, 0) is 19.5 Å². The van der Waals surface area contributed by atoms with Crippen LogP contribution in [0.4, 0.5) is 0 Å². The van der Waals surface area contributed by atoms with E-state index in [1.807, 2.05) is 0 Å². The van der Waals surface area contributed by atoms with Crippen molar-refractivity contribution in [2.75, 3.05) is 0 Å². The van der Waals surface area contributed by atoms with E-state index in [1.54, 1.807) is 0 Å². The average molecular weight is 322 g/mol. The largest absolute Gasteiger partial charge is 2.00 e. The first-order valence-electron chi connectivity index (χ1n) is 6.89. The molecule has 0 N–H and O–H groups in total. The number of nitrogens with zero attached hydrogens (tertiary/aromatic N) is 2. The van der Waals surface area contributed by atoms with Gasteiger partial charge in [0.25, 0.3) is 0 Å². The molecule has 0 aliphatic heterocycles. The Morgan fingerprint density at radius 1 is 0.368 bits per heavy atom. The second kappa shape index (κ2) is 8.10. The molecule has 0 aliphatic rings. The molecular formula is C16H36N2Zn. The first-order valence-corrected chi connectivity index (χ1v) is 6.89. The van der Waals surface area contributed by atoms with Crippen LogP contribution in [0.2, 0.25) is 0 Å². The molecule has 3 heteroatoms. The Kier molecular flexibility index (Phi) is 10.5. The molecule has 0 saturated carbocycles. The van der Waals surface area contributed by atoms with Crippen molar-refractivity contribution in [3.8, 4) is 0 Å². The van der Waals surface area contributed by atoms with Crippen LogP contribution >= 0.6 is 0 Å². The summed E-state index contributed by atoms with van der Waals surface area (Å²) in [6.45, 7) is 25.5.